The highest BCUT2D eigenvalue weighted by Gasteiger charge is 2.36. The molecule has 0 bridgehead atoms. The molecule has 4 fully saturated rings. The predicted octanol–water partition coefficient (Wildman–Crippen LogP) is 10.3. The normalized spacial score (nSPS) is 21.4. The number of carbonyl (C=O) groups excluding carboxylic acids is 1. The van der Waals surface area contributed by atoms with E-state index in [1.54, 1.807) is 14.2 Å². The molecule has 430 valence electrons. The summed E-state index contributed by atoms with van der Waals surface area (Å²) >= 11 is 0. The lowest BCUT2D eigenvalue weighted by molar-refractivity contribution is -0.137. The number of ether oxygens (including phenoxy) is 6. The van der Waals surface area contributed by atoms with Gasteiger partial charge in [-0.15, -0.1) is 60.5 Å². The van der Waals surface area contributed by atoms with Crippen LogP contribution in [0.1, 0.15) is 122 Å². The summed E-state index contributed by atoms with van der Waals surface area (Å²) in [5.74, 6) is 2.19. The number of benzene rings is 2. The van der Waals surface area contributed by atoms with Crippen LogP contribution in [0.5, 0.6) is 23.0 Å². The number of aliphatic carboxylic acids is 1. The van der Waals surface area contributed by atoms with Crippen LogP contribution in [0.2, 0.25) is 0 Å². The molecule has 2 aliphatic carbocycles. The van der Waals surface area contributed by atoms with Gasteiger partial charge in [-0.1, -0.05) is 59.1 Å². The Kier molecular flexibility index (Phi) is 43.0. The van der Waals surface area contributed by atoms with Crippen LogP contribution < -0.4 is 30.0 Å². The van der Waals surface area contributed by atoms with Gasteiger partial charge in [-0.2, -0.15) is 0 Å². The van der Waals surface area contributed by atoms with Gasteiger partial charge in [0, 0.05) is 57.6 Å². The number of carboxylic acids is 1. The first kappa shape index (κ1) is 73.5. The van der Waals surface area contributed by atoms with Crippen LogP contribution in [0.15, 0.2) is 36.4 Å². The van der Waals surface area contributed by atoms with Crippen molar-refractivity contribution < 1.29 is 53.3 Å². The third kappa shape index (κ3) is 29.1. The Hall–Kier alpha value is -0.540. The minimum Gasteiger partial charge on any atom is -0.493 e. The molecule has 23 heteroatoms. The van der Waals surface area contributed by atoms with Crippen LogP contribution in [0.4, 0.5) is 0 Å². The second kappa shape index (κ2) is 43.3. The van der Waals surface area contributed by atoms with Crippen molar-refractivity contribution in [3.05, 3.63) is 47.5 Å². The summed E-state index contributed by atoms with van der Waals surface area (Å²) in [6.07, 6.45) is 15.5. The number of nitrogens with one attached hydrogen (secondary N) is 1. The number of methoxy groups -OCH3 is 2. The average Bonchev–Trinajstić information content (AvgIpc) is 4.01. The number of nitrogens with zero attached hydrogens (tertiary/aromatic N) is 2. The highest BCUT2D eigenvalue weighted by Crippen LogP contribution is 2.86. The Labute approximate surface area is 469 Å². The van der Waals surface area contributed by atoms with Crippen LogP contribution in [0, 0.1) is 0 Å². The van der Waals surface area contributed by atoms with E-state index in [1.165, 1.54) is 37.7 Å². The molecule has 2 heterocycles. The van der Waals surface area contributed by atoms with Crippen molar-refractivity contribution in [3.8, 4) is 23.0 Å². The van der Waals surface area contributed by atoms with Crippen molar-refractivity contribution in [1.82, 2.24) is 15.1 Å². The molecule has 15 nitrogen and oxygen atoms in total. The van der Waals surface area contributed by atoms with Gasteiger partial charge in [0.25, 0.3) is 0 Å². The van der Waals surface area contributed by atoms with Gasteiger partial charge in [0.1, 0.15) is 13.2 Å². The summed E-state index contributed by atoms with van der Waals surface area (Å²) in [7, 11) is 14.4. The molecule has 2 saturated carbocycles. The number of amides is 1. The Bertz CT molecular complexity index is 1790. The minimum absolute atomic E-state index is 0. The Balaban J connectivity index is 0.00000115. The minimum atomic E-state index is -0.711. The average molecular weight is 1200 g/mol. The van der Waals surface area contributed by atoms with Crippen molar-refractivity contribution in [1.29, 1.82) is 0 Å². The molecule has 0 spiro atoms. The Morgan fingerprint density at radius 1 is 0.662 bits per heavy atom. The number of likely N-dealkylation sites (tertiary alicyclic amines) is 2. The number of β-amino-alcohol motifs (C(OH)–C–C–N with tert-alkyl or cyclic N) is 2. The summed E-state index contributed by atoms with van der Waals surface area (Å²) < 4.78 is 35.0. The lowest BCUT2D eigenvalue weighted by Crippen LogP contribution is -2.46. The molecular weight excluding hydrogens is 1100 g/mol. The largest absolute Gasteiger partial charge is 0.493 e. The second-order valence-corrected chi connectivity index (χ2v) is 38.1. The molecule has 74 heavy (non-hydrogen) atoms. The maximum Gasteiger partial charge on any atom is 0.303 e. The third-order valence-electron chi connectivity index (χ3n) is 12.8. The van der Waals surface area contributed by atoms with E-state index in [0.29, 0.717) is 75.9 Å². The van der Waals surface area contributed by atoms with Crippen LogP contribution in [-0.2, 0) is 31.9 Å². The molecule has 0 radical (unpaired) electrons. The van der Waals surface area contributed by atoms with E-state index >= 15 is 0 Å². The maximum absolute atomic E-state index is 11.5. The topological polar surface area (TPSA) is 195 Å². The highest BCUT2D eigenvalue weighted by molar-refractivity contribution is 8.92. The summed E-state index contributed by atoms with van der Waals surface area (Å²) in [6.45, 7) is 10.9. The zero-order chi connectivity index (χ0) is 52.0. The summed E-state index contributed by atoms with van der Waals surface area (Å²) in [6, 6.07) is 12.9. The smallest absolute Gasteiger partial charge is 0.303 e. The van der Waals surface area contributed by atoms with Crippen LogP contribution in [0.25, 0.3) is 0 Å². The van der Waals surface area contributed by atoms with E-state index in [1.807, 2.05) is 44.2 Å². The summed E-state index contributed by atoms with van der Waals surface area (Å²) in [5.41, 5.74) is 7.82. The lowest BCUT2D eigenvalue weighted by atomic mass is 9.91. The standard InChI is InChI=1S/C25H40N2O5.C21H34N2O4.C4H8O2.CH4.2ClH.H8P6/c1-3-6-25(29)26-13-16-32-23-10-9-19(17-24(23)30-2)12-15-31-22-8-5-4-7-21(22)27-14-11-20(28)18-27;1-25-21-14-16(6-7-20(21)27-13-10-22)9-12-26-19-5-3-2-4-18(19)23-11-8-17(24)15-23;1-2-3-4(5)6;;;;1-5(2)6(3)4/h9-10,17,20-22,28H,3-8,11-16,18H2,1-2H3,(H,26,29);6-7,14,17-19,24H,2-5,8-13,15,22H2,1H3;2-3H2,1H3,(H,5,6);1H4;2*1H;1-4H2/t20-,21?,22?;17-,18?,19?;;;;;/m11...../s1. The number of nitrogens with two attached hydrogens (primary N) is 1. The molecule has 6 rings (SSSR count). The van der Waals surface area contributed by atoms with Gasteiger partial charge in [-0.05, 0) is 114 Å². The number of halogens is 2. The van der Waals surface area contributed by atoms with Crippen LogP contribution in [-0.4, -0.2) is 153 Å². The van der Waals surface area contributed by atoms with Crippen LogP contribution in [0.3, 0.4) is 0 Å². The van der Waals surface area contributed by atoms with E-state index in [-0.39, 0.29) is 76.5 Å². The third-order valence-corrected chi connectivity index (χ3v) is 34.2. The molecule has 4 aliphatic rings. The van der Waals surface area contributed by atoms with E-state index in [2.05, 4.69) is 56.9 Å². The molecule has 0 aromatic heterocycles. The van der Waals surface area contributed by atoms with Crippen molar-refractivity contribution in [2.75, 3.05) is 79.9 Å². The SMILES string of the molecule is C.CCCC(=O)NCCOc1ccc(CCOC2CCCCC2N2CC[C@@H](O)C2)cc1OC.CCCC(=O)O.COc1cc(CCOC2CCCCC2N2CC[C@@H](O)C2)ccc1OCCN.Cl.Cl.PP(P)P(P)P. The first-order chi connectivity index (χ1) is 34.2. The Morgan fingerprint density at radius 3 is 1.45 bits per heavy atom. The van der Waals surface area contributed by atoms with Gasteiger partial charge >= 0.3 is 5.97 Å². The number of aliphatic hydroxyl groups is 2. The summed E-state index contributed by atoms with van der Waals surface area (Å²) in [4.78, 5) is 26.0. The summed E-state index contributed by atoms with van der Waals surface area (Å²) in [5, 5.41) is 30.5. The molecule has 2 aromatic carbocycles. The molecule has 2 aliphatic heterocycles. The van der Waals surface area contributed by atoms with Crippen LogP contribution >= 0.6 is 74.5 Å². The number of hydrogen-bond donors (Lipinski definition) is 5. The fourth-order valence-corrected chi connectivity index (χ4v) is 9.20. The fraction of sp³-hybridized carbons (Fsp3) is 0.725. The monoisotopic (exact) mass is 1200 g/mol. The van der Waals surface area contributed by atoms with E-state index < -0.39 is 5.97 Å². The number of aliphatic hydroxyl groups excluding tert-OH is 2. The number of hydrogen-bond acceptors (Lipinski definition) is 13. The van der Waals surface area contributed by atoms with Gasteiger partial charge < -0.3 is 54.8 Å². The van der Waals surface area contributed by atoms with E-state index in [4.69, 9.17) is 39.3 Å². The maximum atomic E-state index is 11.5. The van der Waals surface area contributed by atoms with Gasteiger partial charge in [0.2, 0.25) is 5.91 Å². The van der Waals surface area contributed by atoms with Gasteiger partial charge in [0.05, 0.1) is 58.4 Å². The van der Waals surface area contributed by atoms with E-state index in [0.717, 1.165) is 101 Å². The quantitative estimate of drug-likeness (QED) is 0.0492. The van der Waals surface area contributed by atoms with Crippen molar-refractivity contribution in [3.63, 3.8) is 0 Å². The van der Waals surface area contributed by atoms with E-state index in [9.17, 15) is 19.8 Å². The number of carbonyl (C=O) groups is 2. The number of rotatable bonds is 24. The zero-order valence-corrected chi connectivity index (χ0v) is 52.0. The number of carboxylic acid groups (broad SMARTS) is 1. The molecule has 6 N–H and O–H groups in total. The predicted molar refractivity (Wildman–Crippen MR) is 326 cm³/mol. The lowest BCUT2D eigenvalue weighted by Gasteiger charge is -2.37. The molecule has 2 aromatic rings. The van der Waals surface area contributed by atoms with Crippen molar-refractivity contribution >= 4 is 86.4 Å². The first-order valence-electron chi connectivity index (χ1n) is 25.7. The molecule has 10 atom stereocenters. The molecule has 8 unspecified atom stereocenters. The van der Waals surface area contributed by atoms with Crippen molar-refractivity contribution in [2.45, 2.75) is 161 Å². The molecule has 1 amide bonds. The van der Waals surface area contributed by atoms with Gasteiger partial charge in [0.15, 0.2) is 23.0 Å². The second-order valence-electron chi connectivity index (χ2n) is 18.4. The van der Waals surface area contributed by atoms with Gasteiger partial charge in [-0.25, -0.2) is 0 Å². The van der Waals surface area contributed by atoms with Gasteiger partial charge in [-0.3, -0.25) is 19.4 Å². The van der Waals surface area contributed by atoms with Crippen molar-refractivity contribution in [2.24, 2.45) is 5.73 Å². The first-order valence-corrected chi connectivity index (χ1v) is 35.5. The fourth-order valence-electron chi connectivity index (χ4n) is 9.20. The molecular formula is C51H96Cl2N4O11P6. The highest BCUT2D eigenvalue weighted by atomic mass is 35.5. The Morgan fingerprint density at radius 2 is 1.09 bits per heavy atom. The molecule has 2 saturated heterocycles. The zero-order valence-electron chi connectivity index (χ0n) is 43.9.